The van der Waals surface area contributed by atoms with Gasteiger partial charge in [-0.3, -0.25) is 0 Å². The van der Waals surface area contributed by atoms with Crippen LogP contribution < -0.4 is 28.2 Å². The molecule has 0 spiro atoms. The monoisotopic (exact) mass is 204 g/mol. The van der Waals surface area contributed by atoms with Gasteiger partial charge in [-0.15, -0.1) is 0 Å². The van der Waals surface area contributed by atoms with Gasteiger partial charge < -0.3 is 28.2 Å². The number of hydrogen-bond donors (Lipinski definition) is 0. The predicted molar refractivity (Wildman–Crippen MR) is 0 cm³/mol. The van der Waals surface area contributed by atoms with Gasteiger partial charge in [0.2, 0.25) is 0 Å². The van der Waals surface area contributed by atoms with Gasteiger partial charge in [0.05, 0.1) is 0 Å². The molecule has 0 unspecified atom stereocenters. The van der Waals surface area contributed by atoms with Gasteiger partial charge in [0.15, 0.2) is 0 Å². The summed E-state index contributed by atoms with van der Waals surface area (Å²) in [4.78, 5) is 0. The van der Waals surface area contributed by atoms with Crippen LogP contribution in [0.2, 0.25) is 0 Å². The van der Waals surface area contributed by atoms with E-state index in [1.54, 1.807) is 0 Å². The number of hydrogen-bond acceptors (Lipinski definition) is 0. The van der Waals surface area contributed by atoms with E-state index in [-0.39, 0.29) is 54.4 Å². The molecule has 0 amide bonds. The van der Waals surface area contributed by atoms with Gasteiger partial charge in [-0.1, -0.05) is 0 Å². The van der Waals surface area contributed by atoms with Crippen molar-refractivity contribution in [1.82, 2.24) is 0 Å². The Bertz CT molecular complexity index is 4.14. The number of rotatable bonds is 0. The molecule has 0 fully saturated rings. The second-order valence-electron chi connectivity index (χ2n) is 0. The molecule has 0 aliphatic carbocycles. The molecule has 0 aliphatic rings. The second kappa shape index (κ2) is 899. The third-order valence-electron chi connectivity index (χ3n) is 0. The van der Waals surface area contributed by atoms with Crippen molar-refractivity contribution < 1.29 is 54.4 Å². The fourth-order valence-corrected chi connectivity index (χ4v) is 0. The fraction of sp³-hybridized carbons (Fsp3) is 0. The third kappa shape index (κ3) is 600. The third-order valence-corrected chi connectivity index (χ3v) is 0. The van der Waals surface area contributed by atoms with Crippen molar-refractivity contribution in [3.63, 3.8) is 0 Å². The molecule has 0 heterocycles. The van der Waals surface area contributed by atoms with Crippen molar-refractivity contribution in [2.24, 2.45) is 0 Å². The van der Waals surface area contributed by atoms with E-state index in [1.807, 2.05) is 0 Å². The van der Waals surface area contributed by atoms with Gasteiger partial charge >= 0.3 is 0 Å². The van der Waals surface area contributed by atoms with Crippen LogP contribution in [0.3, 0.4) is 0 Å². The molecule has 0 radical (unpaired) electrons. The van der Waals surface area contributed by atoms with Crippen molar-refractivity contribution in [2.45, 2.75) is 0 Å². The first kappa shape index (κ1) is 1450. The van der Waals surface area contributed by atoms with E-state index in [9.17, 15) is 0 Å². The molecule has 0 nitrogen and oxygen atoms in total. The molecule has 0 aromatic heterocycles. The van der Waals surface area contributed by atoms with E-state index in [2.05, 4.69) is 0 Å². The Hall–Kier alpha value is 0.463. The smallest absolute Gasteiger partial charge is 0 e. The minimum atomic E-state index is 0. The first-order chi connectivity index (χ1) is 0. The van der Waals surface area contributed by atoms with Crippen LogP contribution in [0.5, 0.6) is 0 Å². The SMILES string of the molecule is [F-].[F-].[F-].[F-].[F-].[F-].[Zr]. The van der Waals surface area contributed by atoms with Crippen LogP contribution >= 0.6 is 0 Å². The molecule has 0 aromatic carbocycles. The Morgan fingerprint density at radius 2 is 0.286 bits per heavy atom. The molecule has 0 saturated heterocycles. The first-order valence-electron chi connectivity index (χ1n) is 0. The van der Waals surface area contributed by atoms with Crippen molar-refractivity contribution >= 4 is 0 Å². The van der Waals surface area contributed by atoms with Crippen LogP contribution in [0.15, 0.2) is 0 Å². The Labute approximate surface area is 55.0 Å². The maximum Gasteiger partial charge on any atom is 0 e. The molecule has 0 N–H and O–H groups in total. The van der Waals surface area contributed by atoms with E-state index in [4.69, 9.17) is 0 Å². The van der Waals surface area contributed by atoms with Gasteiger partial charge in [-0.05, 0) is 0 Å². The fourth-order valence-electron chi connectivity index (χ4n) is 0. The summed E-state index contributed by atoms with van der Waals surface area (Å²) in [6.45, 7) is 0. The molecule has 7 heteroatoms. The molecule has 0 bridgehead atoms. The van der Waals surface area contributed by atoms with Gasteiger partial charge in [0.25, 0.3) is 0 Å². The molecule has 0 rings (SSSR count). The zero-order chi connectivity index (χ0) is 0. The summed E-state index contributed by atoms with van der Waals surface area (Å²) in [7, 11) is 0. The summed E-state index contributed by atoms with van der Waals surface area (Å²) in [5, 5.41) is 0. The Balaban J connectivity index is 0. The molecule has 0 aromatic rings. The van der Waals surface area contributed by atoms with Gasteiger partial charge in [-0.25, -0.2) is 0 Å². The average Bonchev–Trinajstić information content (AvgIpc) is 0. The van der Waals surface area contributed by atoms with Gasteiger partial charge in [0.1, 0.15) is 0 Å². The zero-order valence-corrected chi connectivity index (χ0v) is 5.23. The van der Waals surface area contributed by atoms with Crippen LogP contribution in [0.4, 0.5) is 0 Å². The van der Waals surface area contributed by atoms with Gasteiger partial charge in [-0.2, -0.15) is 0 Å². The van der Waals surface area contributed by atoms with Crippen LogP contribution in [-0.2, 0) is 26.2 Å². The Morgan fingerprint density at radius 3 is 0.286 bits per heavy atom. The van der Waals surface area contributed by atoms with E-state index in [0.29, 0.717) is 0 Å². The first-order valence-corrected chi connectivity index (χ1v) is 0. The minimum absolute atomic E-state index is 0. The molecule has 7 heavy (non-hydrogen) atoms. The predicted octanol–water partition coefficient (Wildman–Crippen LogP) is -18.0. The molecule has 0 atom stereocenters. The van der Waals surface area contributed by atoms with E-state index < -0.39 is 0 Å². The van der Waals surface area contributed by atoms with Crippen LogP contribution in [0, 0.1) is 0 Å². The molecular formula is F6Zr-6. The number of halogens is 6. The summed E-state index contributed by atoms with van der Waals surface area (Å²) in [6.07, 6.45) is 0. The average molecular weight is 205 g/mol. The summed E-state index contributed by atoms with van der Waals surface area (Å²) in [6, 6.07) is 0. The molecule has 52 valence electrons. The molecule has 0 aliphatic heterocycles. The second-order valence-corrected chi connectivity index (χ2v) is 0. The van der Waals surface area contributed by atoms with E-state index in [0.717, 1.165) is 0 Å². The molecule has 0 saturated carbocycles. The molecular weight excluding hydrogens is 205 g/mol. The summed E-state index contributed by atoms with van der Waals surface area (Å²) < 4.78 is 0. The van der Waals surface area contributed by atoms with Crippen molar-refractivity contribution in [1.29, 1.82) is 0 Å². The zero-order valence-electron chi connectivity index (χ0n) is 2.77. The standard InChI is InChI=1S/6FH.Zr/h6*1H;/p-6. The Kier molecular flexibility index (Phi) is 187000. The minimum Gasteiger partial charge on any atom is -1.00 e. The quantitative estimate of drug-likeness (QED) is 0.345. The van der Waals surface area contributed by atoms with Gasteiger partial charge in [0, 0.05) is 26.2 Å². The topological polar surface area (TPSA) is 0 Å². The van der Waals surface area contributed by atoms with Crippen LogP contribution in [0.25, 0.3) is 0 Å². The summed E-state index contributed by atoms with van der Waals surface area (Å²) >= 11 is 0. The summed E-state index contributed by atoms with van der Waals surface area (Å²) in [5.74, 6) is 0. The van der Waals surface area contributed by atoms with Crippen molar-refractivity contribution in [2.75, 3.05) is 0 Å². The maximum absolute atomic E-state index is 0. The van der Waals surface area contributed by atoms with E-state index >= 15 is 0 Å². The normalized spacial score (nSPS) is 0. The maximum atomic E-state index is 0. The largest absolute Gasteiger partial charge is 1.00 e. The van der Waals surface area contributed by atoms with Crippen molar-refractivity contribution in [3.8, 4) is 0 Å². The van der Waals surface area contributed by atoms with Crippen molar-refractivity contribution in [3.05, 3.63) is 0 Å². The van der Waals surface area contributed by atoms with Crippen LogP contribution in [0.1, 0.15) is 0 Å². The van der Waals surface area contributed by atoms with Crippen LogP contribution in [-0.4, -0.2) is 0 Å². The summed E-state index contributed by atoms with van der Waals surface area (Å²) in [5.41, 5.74) is 0. The van der Waals surface area contributed by atoms with E-state index in [1.165, 1.54) is 0 Å². The Morgan fingerprint density at radius 1 is 0.286 bits per heavy atom.